The minimum atomic E-state index is -2.66. The number of primary amides is 1. The molecule has 0 bridgehead atoms. The molecule has 1 aliphatic heterocycles. The number of piperazine rings is 1. The molecular weight excluding hydrogens is 958 g/mol. The number of alkyl carbamates (subject to hydrolysis) is 1. The predicted octanol–water partition coefficient (Wildman–Crippen LogP) is 4.39. The van der Waals surface area contributed by atoms with Gasteiger partial charge in [0.2, 0.25) is 31.2 Å². The summed E-state index contributed by atoms with van der Waals surface area (Å²) in [6.07, 6.45) is 8.52. The summed E-state index contributed by atoms with van der Waals surface area (Å²) in [5, 5.41) is 14.8. The second-order valence-corrected chi connectivity index (χ2v) is 20.5. The van der Waals surface area contributed by atoms with Crippen LogP contribution < -0.4 is 35.1 Å². The van der Waals surface area contributed by atoms with Crippen molar-refractivity contribution in [1.29, 1.82) is 0 Å². The number of nitrogens with two attached hydrogens (primary N) is 1. The number of ether oxygens (including phenoxy) is 5. The van der Waals surface area contributed by atoms with E-state index >= 15 is 0 Å². The monoisotopic (exact) mass is 1030 g/mol. The van der Waals surface area contributed by atoms with Crippen molar-refractivity contribution < 1.29 is 57.1 Å². The number of hydrogen-bond donors (Lipinski definition) is 2. The number of unbranched alkanes of at least 4 members (excludes halogenated alkanes) is 3. The molecule has 2 atom stereocenters. The third kappa shape index (κ3) is 20.5. The summed E-state index contributed by atoms with van der Waals surface area (Å²) in [6.45, 7) is 4.65. The lowest BCUT2D eigenvalue weighted by Gasteiger charge is -2.39. The van der Waals surface area contributed by atoms with Gasteiger partial charge in [-0.1, -0.05) is 6.42 Å². The number of ketones is 2. The first-order chi connectivity index (χ1) is 34.3. The molecule has 400 valence electrons. The van der Waals surface area contributed by atoms with E-state index < -0.39 is 30.5 Å². The minimum absolute atomic E-state index is 0.0227. The molecule has 3 rings (SSSR count). The number of terminal acetylenes is 1. The number of amides is 3. The van der Waals surface area contributed by atoms with Gasteiger partial charge in [-0.25, -0.2) is 14.1 Å². The molecule has 3 N–H and O–H groups in total. The Balaban J connectivity index is 1.43. The van der Waals surface area contributed by atoms with Gasteiger partial charge in [-0.05, 0) is 52.3 Å². The van der Waals surface area contributed by atoms with E-state index in [9.17, 15) is 38.7 Å². The highest BCUT2D eigenvalue weighted by atomic mass is 31.2. The zero-order valence-corrected chi connectivity index (χ0v) is 43.8. The molecule has 1 aliphatic rings. The van der Waals surface area contributed by atoms with Crippen LogP contribution >= 0.6 is 7.44 Å². The number of nitrogens with zero attached hydrogens (tertiary/aromatic N) is 9. The van der Waals surface area contributed by atoms with Crippen molar-refractivity contribution in [1.82, 2.24) is 34.5 Å². The van der Waals surface area contributed by atoms with Gasteiger partial charge in [0.25, 0.3) is 5.69 Å². The lowest BCUT2D eigenvalue weighted by molar-refractivity contribution is -0.386. The third-order valence-electron chi connectivity index (χ3n) is 11.9. The van der Waals surface area contributed by atoms with Gasteiger partial charge in [0, 0.05) is 112 Å². The number of likely N-dealkylation sites (N-methyl/N-ethyl adjacent to an activating group) is 1. The van der Waals surface area contributed by atoms with Crippen LogP contribution in [0.15, 0.2) is 12.1 Å². The zero-order valence-electron chi connectivity index (χ0n) is 42.9. The summed E-state index contributed by atoms with van der Waals surface area (Å²) >= 11 is 0. The van der Waals surface area contributed by atoms with Gasteiger partial charge >= 0.3 is 12.1 Å². The highest BCUT2D eigenvalue weighted by Gasteiger charge is 2.33. The molecule has 0 saturated carbocycles. The summed E-state index contributed by atoms with van der Waals surface area (Å²) in [6, 6.07) is 2.61. The maximum absolute atomic E-state index is 13.2. The standard InChI is InChI=1S/C47H74N11O13P/c1-9-10-17-35(59)18-12-11-15-23-49-47(63)71-39(37-32-40(67-6)41(68-7)33-38(37)58(64)65)22-24-54(4)43(62)21-14-13-19-36(60)20-16-29-69-30-31-70-46-51-44(55(5)34-42(48)61)50-45(52-46)56-25-27-57(28-26-56)72(8,66)53(2)3/h1,32-33,39H,10-31,34H2,2-8H3,(H2,48,61)(H,49,63). The fourth-order valence-electron chi connectivity index (χ4n) is 7.45. The van der Waals surface area contributed by atoms with Crippen LogP contribution in [0.4, 0.5) is 22.4 Å². The van der Waals surface area contributed by atoms with Gasteiger partial charge in [-0.15, -0.1) is 12.3 Å². The lowest BCUT2D eigenvalue weighted by atomic mass is 10.0. The Morgan fingerprint density at radius 2 is 1.51 bits per heavy atom. The Bertz CT molecular complexity index is 2200. The van der Waals surface area contributed by atoms with Crippen molar-refractivity contribution in [2.24, 2.45) is 5.73 Å². The number of rotatable bonds is 35. The molecule has 0 radical (unpaired) electrons. The van der Waals surface area contributed by atoms with Crippen LogP contribution in [-0.2, 0) is 33.2 Å². The van der Waals surface area contributed by atoms with Crippen LogP contribution in [-0.4, -0.2) is 178 Å². The van der Waals surface area contributed by atoms with Crippen molar-refractivity contribution in [3.8, 4) is 29.9 Å². The molecule has 1 fully saturated rings. The number of nitro groups is 1. The molecular formula is C47H74N11O13P. The number of hydrogen-bond acceptors (Lipinski definition) is 18. The fourth-order valence-corrected chi connectivity index (χ4v) is 8.88. The Labute approximate surface area is 422 Å². The largest absolute Gasteiger partial charge is 0.493 e. The van der Waals surface area contributed by atoms with Crippen LogP contribution in [0.5, 0.6) is 17.5 Å². The molecule has 25 heteroatoms. The molecule has 0 aliphatic carbocycles. The van der Waals surface area contributed by atoms with Gasteiger partial charge in [0.05, 0.1) is 43.9 Å². The summed E-state index contributed by atoms with van der Waals surface area (Å²) in [5.74, 6) is 2.65. The van der Waals surface area contributed by atoms with Crippen molar-refractivity contribution in [2.75, 3.05) is 125 Å². The number of carbonyl (C=O) groups is 5. The Hall–Kier alpha value is -6.15. The number of benzene rings is 1. The number of methoxy groups -OCH3 is 2. The summed E-state index contributed by atoms with van der Waals surface area (Å²) in [7, 11) is 6.86. The summed E-state index contributed by atoms with van der Waals surface area (Å²) < 4.78 is 44.8. The molecule has 1 aromatic heterocycles. The molecule has 72 heavy (non-hydrogen) atoms. The van der Waals surface area contributed by atoms with Crippen molar-refractivity contribution >= 4 is 54.5 Å². The molecule has 24 nitrogen and oxygen atoms in total. The van der Waals surface area contributed by atoms with E-state index in [2.05, 4.69) is 26.2 Å². The Morgan fingerprint density at radius 1 is 0.875 bits per heavy atom. The van der Waals surface area contributed by atoms with Gasteiger partial charge < -0.3 is 49.4 Å². The number of aromatic nitrogens is 3. The Kier molecular flexibility index (Phi) is 26.2. The van der Waals surface area contributed by atoms with E-state index in [1.54, 1.807) is 39.5 Å². The smallest absolute Gasteiger partial charge is 0.407 e. The van der Waals surface area contributed by atoms with E-state index in [1.807, 2.05) is 9.57 Å². The van der Waals surface area contributed by atoms with Gasteiger partial charge in [0.15, 0.2) is 11.5 Å². The first kappa shape index (κ1) is 60.2. The van der Waals surface area contributed by atoms with E-state index in [4.69, 9.17) is 35.8 Å². The highest BCUT2D eigenvalue weighted by molar-refractivity contribution is 7.58. The van der Waals surface area contributed by atoms with Crippen LogP contribution in [0.3, 0.4) is 0 Å². The maximum Gasteiger partial charge on any atom is 0.407 e. The number of nitrogens with one attached hydrogen (secondary N) is 1. The molecule has 2 aromatic rings. The molecule has 0 spiro atoms. The third-order valence-corrected chi connectivity index (χ3v) is 14.8. The van der Waals surface area contributed by atoms with Gasteiger partial charge in [0.1, 0.15) is 24.3 Å². The second kappa shape index (κ2) is 31.3. The van der Waals surface area contributed by atoms with Crippen LogP contribution in [0.1, 0.15) is 95.1 Å². The number of carbonyl (C=O) groups excluding carboxylic acids is 5. The first-order valence-corrected chi connectivity index (χ1v) is 26.1. The van der Waals surface area contributed by atoms with Crippen molar-refractivity contribution in [3.63, 3.8) is 0 Å². The summed E-state index contributed by atoms with van der Waals surface area (Å²) in [5.41, 5.74) is 5.11. The maximum atomic E-state index is 13.2. The van der Waals surface area contributed by atoms with Crippen LogP contribution in [0.25, 0.3) is 0 Å². The van der Waals surface area contributed by atoms with Crippen molar-refractivity contribution in [2.45, 2.75) is 89.6 Å². The number of Topliss-reactive ketones (excluding diaryl/α,β-unsaturated/α-hetero) is 2. The Morgan fingerprint density at radius 3 is 2.15 bits per heavy atom. The van der Waals surface area contributed by atoms with E-state index in [0.29, 0.717) is 103 Å². The number of anilines is 2. The van der Waals surface area contributed by atoms with Crippen LogP contribution in [0, 0.1) is 22.5 Å². The number of nitro benzene ring substituents is 1. The molecule has 1 saturated heterocycles. The SMILES string of the molecule is C#CCCC(=O)CCCCCNC(=O)OC(CCN(C)C(=O)CCCCC(=O)CCCOCCOc1nc(N(C)CC(N)=O)nc(N2CCN(P(C)(=O)N(C)C)CC2)n1)c1cc(OC)c(OC)cc1[N+](=O)[O-]. The second-order valence-electron chi connectivity index (χ2n) is 17.5. The normalized spacial score (nSPS) is 13.8. The summed E-state index contributed by atoms with van der Waals surface area (Å²) in [4.78, 5) is 92.1. The van der Waals surface area contributed by atoms with E-state index in [-0.39, 0.29) is 104 Å². The molecule has 2 unspecified atom stereocenters. The van der Waals surface area contributed by atoms with Crippen molar-refractivity contribution in [3.05, 3.63) is 27.8 Å². The first-order valence-electron chi connectivity index (χ1n) is 24.1. The quantitative estimate of drug-likeness (QED) is 0.0318. The van der Waals surface area contributed by atoms with Gasteiger partial charge in [-0.3, -0.25) is 33.9 Å². The zero-order chi connectivity index (χ0) is 53.2. The lowest BCUT2D eigenvalue weighted by Crippen LogP contribution is -2.47. The average molecular weight is 1030 g/mol. The molecule has 1 aromatic carbocycles. The van der Waals surface area contributed by atoms with Gasteiger partial charge in [-0.2, -0.15) is 15.0 Å². The topological polar surface area (TPSA) is 285 Å². The van der Waals surface area contributed by atoms with Crippen LogP contribution in [0.2, 0.25) is 0 Å². The minimum Gasteiger partial charge on any atom is -0.493 e. The van der Waals surface area contributed by atoms with E-state index in [0.717, 1.165) is 0 Å². The predicted molar refractivity (Wildman–Crippen MR) is 270 cm³/mol. The average Bonchev–Trinajstić information content (AvgIpc) is 3.35. The molecule has 3 amide bonds. The highest BCUT2D eigenvalue weighted by Crippen LogP contribution is 2.47. The van der Waals surface area contributed by atoms with E-state index in [1.165, 1.54) is 36.2 Å². The fraction of sp³-hybridized carbons (Fsp3) is 0.660. The molecule has 2 heterocycles.